The molecule has 1 aromatic heterocycles. The number of hydrogen-bond acceptors (Lipinski definition) is 3. The van der Waals surface area contributed by atoms with Crippen LogP contribution in [-0.2, 0) is 11.3 Å². The summed E-state index contributed by atoms with van der Waals surface area (Å²) in [6, 6.07) is 0. The van der Waals surface area contributed by atoms with Gasteiger partial charge in [0.25, 0.3) is 0 Å². The molecule has 0 amide bonds. The van der Waals surface area contributed by atoms with E-state index < -0.39 is 0 Å². The highest BCUT2D eigenvalue weighted by molar-refractivity contribution is 5.10. The van der Waals surface area contributed by atoms with Crippen molar-refractivity contribution in [2.24, 2.45) is 5.41 Å². The number of hydrogen-bond donors (Lipinski definition) is 1. The van der Waals surface area contributed by atoms with Crippen molar-refractivity contribution in [1.82, 2.24) is 14.9 Å². The highest BCUT2D eigenvalue weighted by Crippen LogP contribution is 2.50. The number of nitrogens with one attached hydrogen (secondary N) is 1. The zero-order valence-electron chi connectivity index (χ0n) is 11.9. The molecule has 0 spiro atoms. The number of rotatable bonds is 6. The minimum Gasteiger partial charge on any atom is -0.385 e. The van der Waals surface area contributed by atoms with E-state index in [0.29, 0.717) is 11.3 Å². The third-order valence-corrected chi connectivity index (χ3v) is 4.76. The van der Waals surface area contributed by atoms with Crippen molar-refractivity contribution in [3.8, 4) is 0 Å². The highest BCUT2D eigenvalue weighted by Gasteiger charge is 2.42. The maximum Gasteiger partial charge on any atom is 0.0948 e. The summed E-state index contributed by atoms with van der Waals surface area (Å²) in [4.78, 5) is 4.39. The van der Waals surface area contributed by atoms with Crippen molar-refractivity contribution in [2.75, 3.05) is 26.8 Å². The number of methoxy groups -OCH3 is 1. The Balaban J connectivity index is 1.66. The number of piperidine rings is 1. The average Bonchev–Trinajstić information content (AvgIpc) is 3.06. The first-order chi connectivity index (χ1) is 9.33. The molecule has 2 fully saturated rings. The molecule has 1 N–H and O–H groups in total. The number of ether oxygens (including phenoxy) is 1. The summed E-state index contributed by atoms with van der Waals surface area (Å²) < 4.78 is 7.65. The minimum absolute atomic E-state index is 0.494. The normalized spacial score (nSPS) is 25.4. The highest BCUT2D eigenvalue weighted by atomic mass is 16.5. The number of imidazole rings is 1. The van der Waals surface area contributed by atoms with Gasteiger partial charge in [0.2, 0.25) is 0 Å². The molecule has 0 aromatic carbocycles. The van der Waals surface area contributed by atoms with Crippen molar-refractivity contribution in [3.05, 3.63) is 18.2 Å². The lowest BCUT2D eigenvalue weighted by atomic mass is 9.95. The van der Waals surface area contributed by atoms with Crippen LogP contribution in [0.25, 0.3) is 0 Å². The summed E-state index contributed by atoms with van der Waals surface area (Å²) in [5, 5.41) is 3.50. The van der Waals surface area contributed by atoms with Crippen LogP contribution in [-0.4, -0.2) is 36.4 Å². The van der Waals surface area contributed by atoms with Crippen LogP contribution < -0.4 is 5.32 Å². The third-order valence-electron chi connectivity index (χ3n) is 4.76. The second-order valence-corrected chi connectivity index (χ2v) is 6.23. The minimum atomic E-state index is 0.494. The fourth-order valence-electron chi connectivity index (χ4n) is 3.25. The number of aromatic nitrogens is 2. The molecule has 2 aliphatic rings. The Morgan fingerprint density at radius 3 is 3.11 bits per heavy atom. The van der Waals surface area contributed by atoms with Crippen LogP contribution in [0.2, 0.25) is 0 Å². The second kappa shape index (κ2) is 5.63. The lowest BCUT2D eigenvalue weighted by Gasteiger charge is -2.25. The molecule has 4 nitrogen and oxygen atoms in total. The van der Waals surface area contributed by atoms with Gasteiger partial charge in [0.05, 0.1) is 6.33 Å². The molecule has 0 radical (unpaired) electrons. The van der Waals surface area contributed by atoms with E-state index >= 15 is 0 Å². The van der Waals surface area contributed by atoms with Crippen LogP contribution in [0, 0.1) is 5.41 Å². The van der Waals surface area contributed by atoms with Crippen LogP contribution in [0.3, 0.4) is 0 Å². The Labute approximate surface area is 115 Å². The standard InChI is InChI=1S/C15H25N3O/c1-19-8-6-15(4-5-15)11-18-12-17-10-14(18)13-3-2-7-16-9-13/h10,12-13,16H,2-9,11H2,1H3. The first-order valence-electron chi connectivity index (χ1n) is 7.53. The third kappa shape index (κ3) is 3.00. The van der Waals surface area contributed by atoms with E-state index in [-0.39, 0.29) is 0 Å². The Kier molecular flexibility index (Phi) is 3.89. The van der Waals surface area contributed by atoms with Crippen LogP contribution in [0.4, 0.5) is 0 Å². The molecule has 1 unspecified atom stereocenters. The molecule has 106 valence electrons. The van der Waals surface area contributed by atoms with E-state index in [0.717, 1.165) is 19.7 Å². The van der Waals surface area contributed by atoms with E-state index in [4.69, 9.17) is 4.74 Å². The van der Waals surface area contributed by atoms with Crippen LogP contribution >= 0.6 is 0 Å². The molecule has 2 heterocycles. The van der Waals surface area contributed by atoms with Crippen molar-refractivity contribution in [2.45, 2.75) is 44.6 Å². The van der Waals surface area contributed by atoms with Crippen molar-refractivity contribution in [3.63, 3.8) is 0 Å². The van der Waals surface area contributed by atoms with Gasteiger partial charge in [-0.1, -0.05) is 0 Å². The van der Waals surface area contributed by atoms with Gasteiger partial charge in [-0.3, -0.25) is 0 Å². The molecule has 0 bridgehead atoms. The summed E-state index contributed by atoms with van der Waals surface area (Å²) in [5.41, 5.74) is 1.92. The summed E-state index contributed by atoms with van der Waals surface area (Å²) in [7, 11) is 1.80. The van der Waals surface area contributed by atoms with Crippen LogP contribution in [0.15, 0.2) is 12.5 Å². The van der Waals surface area contributed by atoms with Crippen LogP contribution in [0.1, 0.15) is 43.7 Å². The molecule has 1 aliphatic heterocycles. The molecule has 1 aromatic rings. The average molecular weight is 263 g/mol. The Morgan fingerprint density at radius 2 is 2.42 bits per heavy atom. The van der Waals surface area contributed by atoms with E-state index in [1.165, 1.54) is 44.3 Å². The lowest BCUT2D eigenvalue weighted by molar-refractivity contribution is 0.166. The van der Waals surface area contributed by atoms with Gasteiger partial charge in [0, 0.05) is 44.6 Å². The summed E-state index contributed by atoms with van der Waals surface area (Å²) in [6.07, 6.45) is 10.5. The molecule has 3 rings (SSSR count). The molecule has 1 aliphatic carbocycles. The van der Waals surface area contributed by atoms with Gasteiger partial charge in [-0.05, 0) is 44.1 Å². The van der Waals surface area contributed by atoms with Gasteiger partial charge in [0.15, 0.2) is 0 Å². The first-order valence-corrected chi connectivity index (χ1v) is 7.53. The maximum atomic E-state index is 5.25. The van der Waals surface area contributed by atoms with Gasteiger partial charge in [-0.25, -0.2) is 4.98 Å². The predicted molar refractivity (Wildman–Crippen MR) is 75.2 cm³/mol. The van der Waals surface area contributed by atoms with Gasteiger partial charge in [0.1, 0.15) is 0 Å². The Hall–Kier alpha value is -0.870. The molecular formula is C15H25N3O. The van der Waals surface area contributed by atoms with Gasteiger partial charge in [-0.2, -0.15) is 0 Å². The molecular weight excluding hydrogens is 238 g/mol. The molecule has 19 heavy (non-hydrogen) atoms. The first kappa shape index (κ1) is 13.1. The van der Waals surface area contributed by atoms with Crippen molar-refractivity contribution < 1.29 is 4.74 Å². The molecule has 1 saturated carbocycles. The van der Waals surface area contributed by atoms with E-state index in [1.807, 2.05) is 6.33 Å². The summed E-state index contributed by atoms with van der Waals surface area (Å²) in [6.45, 7) is 4.29. The summed E-state index contributed by atoms with van der Waals surface area (Å²) >= 11 is 0. The van der Waals surface area contributed by atoms with Crippen LogP contribution in [0.5, 0.6) is 0 Å². The van der Waals surface area contributed by atoms with Gasteiger partial charge < -0.3 is 14.6 Å². The second-order valence-electron chi connectivity index (χ2n) is 6.23. The molecule has 4 heteroatoms. The number of nitrogens with zero attached hydrogens (tertiary/aromatic N) is 2. The molecule has 1 saturated heterocycles. The molecule has 1 atom stereocenters. The zero-order valence-corrected chi connectivity index (χ0v) is 11.9. The summed E-state index contributed by atoms with van der Waals surface area (Å²) in [5.74, 6) is 0.648. The Bertz CT molecular complexity index is 405. The fraction of sp³-hybridized carbons (Fsp3) is 0.800. The van der Waals surface area contributed by atoms with Gasteiger partial charge in [-0.15, -0.1) is 0 Å². The smallest absolute Gasteiger partial charge is 0.0948 e. The fourth-order valence-corrected chi connectivity index (χ4v) is 3.25. The quantitative estimate of drug-likeness (QED) is 0.855. The predicted octanol–water partition coefficient (Wildman–Crippen LogP) is 2.17. The SMILES string of the molecule is COCCC1(Cn2cncc2C2CCCNC2)CC1. The van der Waals surface area contributed by atoms with E-state index in [2.05, 4.69) is 21.1 Å². The van der Waals surface area contributed by atoms with Gasteiger partial charge >= 0.3 is 0 Å². The maximum absolute atomic E-state index is 5.25. The van der Waals surface area contributed by atoms with Crippen molar-refractivity contribution in [1.29, 1.82) is 0 Å². The zero-order chi connectivity index (χ0) is 13.1. The topological polar surface area (TPSA) is 39.1 Å². The Morgan fingerprint density at radius 1 is 1.53 bits per heavy atom. The monoisotopic (exact) mass is 263 g/mol. The largest absolute Gasteiger partial charge is 0.385 e. The van der Waals surface area contributed by atoms with Crippen molar-refractivity contribution >= 4 is 0 Å². The van der Waals surface area contributed by atoms with E-state index in [1.54, 1.807) is 7.11 Å². The van der Waals surface area contributed by atoms with E-state index in [9.17, 15) is 0 Å². The lowest BCUT2D eigenvalue weighted by Crippen LogP contribution is -2.30.